The van der Waals surface area contributed by atoms with Crippen molar-refractivity contribution in [2.24, 2.45) is 0 Å². The van der Waals surface area contributed by atoms with Gasteiger partial charge in [-0.05, 0) is 12.2 Å². The summed E-state index contributed by atoms with van der Waals surface area (Å²) in [5.74, 6) is -1.32. The molecule has 0 atom stereocenters. The number of allylic oxidation sites excluding steroid dienone is 2. The lowest BCUT2D eigenvalue weighted by molar-refractivity contribution is 0.0607. The Labute approximate surface area is 94.5 Å². The summed E-state index contributed by atoms with van der Waals surface area (Å²) in [6.45, 7) is 0. The number of rotatable bonds is 1. The maximum Gasteiger partial charge on any atom is 0.350 e. The van der Waals surface area contributed by atoms with Crippen LogP contribution in [-0.2, 0) is 4.74 Å². The van der Waals surface area contributed by atoms with Gasteiger partial charge in [-0.3, -0.25) is 9.59 Å². The van der Waals surface area contributed by atoms with Crippen LogP contribution in [0.1, 0.15) is 29.7 Å². The molecule has 0 bridgehead atoms. The quantitative estimate of drug-likeness (QED) is 0.738. The molecule has 0 radical (unpaired) electrons. The zero-order valence-electron chi connectivity index (χ0n) is 8.27. The van der Waals surface area contributed by atoms with Crippen molar-refractivity contribution < 1.29 is 19.1 Å². The fourth-order valence-corrected chi connectivity index (χ4v) is 2.48. The van der Waals surface area contributed by atoms with Crippen molar-refractivity contribution in [2.75, 3.05) is 12.8 Å². The van der Waals surface area contributed by atoms with Crippen molar-refractivity contribution in [1.29, 1.82) is 0 Å². The number of anilines is 1. The minimum Gasteiger partial charge on any atom is -0.465 e. The number of hydrogen-bond acceptors (Lipinski definition) is 6. The zero-order valence-corrected chi connectivity index (χ0v) is 9.09. The van der Waals surface area contributed by atoms with Crippen molar-refractivity contribution >= 4 is 34.6 Å². The van der Waals surface area contributed by atoms with E-state index in [4.69, 9.17) is 5.73 Å². The maximum absolute atomic E-state index is 11.5. The van der Waals surface area contributed by atoms with Crippen LogP contribution in [0, 0.1) is 0 Å². The monoisotopic (exact) mass is 237 g/mol. The van der Waals surface area contributed by atoms with Crippen molar-refractivity contribution in [2.45, 2.75) is 0 Å². The Morgan fingerprint density at radius 1 is 1.31 bits per heavy atom. The molecule has 1 aromatic heterocycles. The number of esters is 1. The van der Waals surface area contributed by atoms with Crippen molar-refractivity contribution in [3.8, 4) is 0 Å². The summed E-state index contributed by atoms with van der Waals surface area (Å²) in [5.41, 5.74) is 5.79. The van der Waals surface area contributed by atoms with E-state index >= 15 is 0 Å². The van der Waals surface area contributed by atoms with E-state index in [2.05, 4.69) is 4.74 Å². The third kappa shape index (κ3) is 1.35. The van der Waals surface area contributed by atoms with Crippen LogP contribution in [0.5, 0.6) is 0 Å². The van der Waals surface area contributed by atoms with Crippen LogP contribution in [0.4, 0.5) is 5.69 Å². The van der Waals surface area contributed by atoms with Crippen LogP contribution in [0.15, 0.2) is 12.2 Å². The SMILES string of the molecule is COC(=O)c1sc2c(c1N)C(=O)C=CC2=O. The first-order valence-electron chi connectivity index (χ1n) is 4.33. The predicted molar refractivity (Wildman–Crippen MR) is 57.9 cm³/mol. The molecule has 16 heavy (non-hydrogen) atoms. The van der Waals surface area contributed by atoms with Crippen LogP contribution in [0.2, 0.25) is 0 Å². The summed E-state index contributed by atoms with van der Waals surface area (Å²) < 4.78 is 4.51. The Balaban J connectivity index is 2.65. The number of ketones is 2. The van der Waals surface area contributed by atoms with Crippen LogP contribution in [-0.4, -0.2) is 24.6 Å². The normalized spacial score (nSPS) is 13.8. The second-order valence-electron chi connectivity index (χ2n) is 3.10. The lowest BCUT2D eigenvalue weighted by Gasteiger charge is -2.02. The Hall–Kier alpha value is -1.95. The largest absolute Gasteiger partial charge is 0.465 e. The molecule has 82 valence electrons. The van der Waals surface area contributed by atoms with Crippen molar-refractivity contribution in [3.05, 3.63) is 27.5 Å². The summed E-state index contributed by atoms with van der Waals surface area (Å²) >= 11 is 0.885. The summed E-state index contributed by atoms with van der Waals surface area (Å²) in [7, 11) is 1.21. The van der Waals surface area contributed by atoms with Crippen LogP contribution in [0.25, 0.3) is 0 Å². The number of carbonyl (C=O) groups excluding carboxylic acids is 3. The van der Waals surface area contributed by atoms with E-state index in [1.807, 2.05) is 0 Å². The van der Waals surface area contributed by atoms with Gasteiger partial charge in [0, 0.05) is 0 Å². The molecular weight excluding hydrogens is 230 g/mol. The third-order valence-electron chi connectivity index (χ3n) is 2.17. The highest BCUT2D eigenvalue weighted by atomic mass is 32.1. The minimum absolute atomic E-state index is 0.0227. The molecule has 1 aromatic rings. The van der Waals surface area contributed by atoms with E-state index in [0.717, 1.165) is 17.4 Å². The number of hydrogen-bond donors (Lipinski definition) is 1. The maximum atomic E-state index is 11.5. The Bertz CT molecular complexity index is 541. The number of nitrogen functional groups attached to an aromatic ring is 1. The van der Waals surface area contributed by atoms with Crippen LogP contribution >= 0.6 is 11.3 Å². The minimum atomic E-state index is -0.641. The number of fused-ring (bicyclic) bond motifs is 1. The lowest BCUT2D eigenvalue weighted by Crippen LogP contribution is -2.10. The number of carbonyl (C=O) groups is 3. The molecule has 0 saturated heterocycles. The summed E-state index contributed by atoms with van der Waals surface area (Å²) in [4.78, 5) is 34.6. The van der Waals surface area contributed by atoms with Crippen LogP contribution in [0.3, 0.4) is 0 Å². The average molecular weight is 237 g/mol. The first-order valence-corrected chi connectivity index (χ1v) is 5.15. The molecule has 1 heterocycles. The number of thiophene rings is 1. The fourth-order valence-electron chi connectivity index (χ4n) is 1.42. The van der Waals surface area contributed by atoms with Gasteiger partial charge in [0.25, 0.3) is 0 Å². The fraction of sp³-hybridized carbons (Fsp3) is 0.100. The average Bonchev–Trinajstić information content (AvgIpc) is 2.62. The molecule has 0 spiro atoms. The molecule has 0 aromatic carbocycles. The molecule has 2 N–H and O–H groups in total. The van der Waals surface area contributed by atoms with Gasteiger partial charge in [0.15, 0.2) is 11.6 Å². The van der Waals surface area contributed by atoms with E-state index in [9.17, 15) is 14.4 Å². The number of ether oxygens (including phenoxy) is 1. The molecule has 0 saturated carbocycles. The number of nitrogens with two attached hydrogens (primary N) is 1. The summed E-state index contributed by atoms with van der Waals surface area (Å²) in [6, 6.07) is 0. The van der Waals surface area contributed by atoms with Gasteiger partial charge in [0.1, 0.15) is 4.88 Å². The highest BCUT2D eigenvalue weighted by Crippen LogP contribution is 2.34. The molecule has 1 aliphatic rings. The molecular formula is C10H7NO4S. The van der Waals surface area contributed by atoms with Gasteiger partial charge in [-0.1, -0.05) is 0 Å². The standard InChI is InChI=1S/C10H7NO4S/c1-15-10(14)9-7(11)6-4(12)2-3-5(13)8(6)16-9/h2-3H,11H2,1H3. The highest BCUT2D eigenvalue weighted by molar-refractivity contribution is 7.17. The van der Waals surface area contributed by atoms with Crippen molar-refractivity contribution in [1.82, 2.24) is 0 Å². The summed E-state index contributed by atoms with van der Waals surface area (Å²) in [5, 5.41) is 0. The molecule has 2 rings (SSSR count). The van der Waals surface area contributed by atoms with Gasteiger partial charge in [-0.25, -0.2) is 4.79 Å². The molecule has 1 aliphatic carbocycles. The van der Waals surface area contributed by atoms with E-state index in [1.165, 1.54) is 13.2 Å². The van der Waals surface area contributed by atoms with Gasteiger partial charge in [-0.2, -0.15) is 0 Å². The van der Waals surface area contributed by atoms with Gasteiger partial charge >= 0.3 is 5.97 Å². The molecule has 6 heteroatoms. The van der Waals surface area contributed by atoms with E-state index in [0.29, 0.717) is 0 Å². The lowest BCUT2D eigenvalue weighted by atomic mass is 10.0. The Morgan fingerprint density at radius 2 is 1.94 bits per heavy atom. The molecule has 0 fully saturated rings. The highest BCUT2D eigenvalue weighted by Gasteiger charge is 2.29. The zero-order chi connectivity index (χ0) is 11.9. The molecule has 0 unspecified atom stereocenters. The van der Waals surface area contributed by atoms with Gasteiger partial charge in [-0.15, -0.1) is 11.3 Å². The Morgan fingerprint density at radius 3 is 2.50 bits per heavy atom. The van der Waals surface area contributed by atoms with Gasteiger partial charge in [0.05, 0.1) is 23.2 Å². The third-order valence-corrected chi connectivity index (χ3v) is 3.37. The van der Waals surface area contributed by atoms with Gasteiger partial charge < -0.3 is 10.5 Å². The van der Waals surface area contributed by atoms with E-state index in [-0.39, 0.29) is 32.6 Å². The van der Waals surface area contributed by atoms with E-state index in [1.54, 1.807) is 0 Å². The van der Waals surface area contributed by atoms with E-state index < -0.39 is 5.97 Å². The summed E-state index contributed by atoms with van der Waals surface area (Å²) in [6.07, 6.45) is 2.32. The Kier molecular flexibility index (Phi) is 2.35. The first kappa shape index (κ1) is 10.6. The van der Waals surface area contributed by atoms with Crippen LogP contribution < -0.4 is 5.73 Å². The smallest absolute Gasteiger partial charge is 0.350 e. The van der Waals surface area contributed by atoms with Gasteiger partial charge in [0.2, 0.25) is 0 Å². The van der Waals surface area contributed by atoms with Crippen molar-refractivity contribution in [3.63, 3.8) is 0 Å². The molecule has 0 aliphatic heterocycles. The number of methoxy groups -OCH3 is 1. The predicted octanol–water partition coefficient (Wildman–Crippen LogP) is 1.05. The first-order chi connectivity index (χ1) is 7.56. The second kappa shape index (κ2) is 3.57. The molecule has 5 nitrogen and oxygen atoms in total. The topological polar surface area (TPSA) is 86.5 Å². The second-order valence-corrected chi connectivity index (χ2v) is 4.12. The molecule has 0 amide bonds.